The first-order valence-corrected chi connectivity index (χ1v) is 13.6. The Hall–Kier alpha value is -1.88. The number of methoxy groups -OCH3 is 1. The molecule has 2 rings (SSSR count). The lowest BCUT2D eigenvalue weighted by Gasteiger charge is -2.37. The Balaban J connectivity index is 2.01. The molecule has 4 heteroatoms. The van der Waals surface area contributed by atoms with Crippen LogP contribution in [0.4, 0.5) is 0 Å². The van der Waals surface area contributed by atoms with Gasteiger partial charge in [-0.1, -0.05) is 74.9 Å². The molecule has 164 valence electrons. The van der Waals surface area contributed by atoms with Crippen molar-refractivity contribution in [1.29, 1.82) is 0 Å². The van der Waals surface area contributed by atoms with Crippen LogP contribution in [0.2, 0.25) is 18.1 Å². The van der Waals surface area contributed by atoms with E-state index in [4.69, 9.17) is 13.9 Å². The van der Waals surface area contributed by atoms with E-state index in [-0.39, 0.29) is 11.0 Å². The molecule has 0 fully saturated rings. The summed E-state index contributed by atoms with van der Waals surface area (Å²) in [5, 5.41) is 0.203. The van der Waals surface area contributed by atoms with Gasteiger partial charge in [0.05, 0.1) is 20.3 Å². The number of rotatable bonds is 10. The molecule has 1 unspecified atom stereocenters. The van der Waals surface area contributed by atoms with Crippen molar-refractivity contribution >= 4 is 8.32 Å². The first kappa shape index (κ1) is 24.4. The summed E-state index contributed by atoms with van der Waals surface area (Å²) < 4.78 is 17.7. The minimum atomic E-state index is -1.80. The summed E-state index contributed by atoms with van der Waals surface area (Å²) >= 11 is 0. The fourth-order valence-corrected chi connectivity index (χ4v) is 3.93. The summed E-state index contributed by atoms with van der Waals surface area (Å²) in [6, 6.07) is 18.6. The fourth-order valence-electron chi connectivity index (χ4n) is 2.90. The van der Waals surface area contributed by atoms with Crippen LogP contribution in [0.15, 0.2) is 66.2 Å². The van der Waals surface area contributed by atoms with Gasteiger partial charge >= 0.3 is 0 Å². The van der Waals surface area contributed by atoms with E-state index in [9.17, 15) is 0 Å². The molecule has 2 aromatic rings. The van der Waals surface area contributed by atoms with Gasteiger partial charge in [0.1, 0.15) is 5.75 Å². The zero-order valence-corrected chi connectivity index (χ0v) is 20.7. The summed E-state index contributed by atoms with van der Waals surface area (Å²) in [5.74, 6) is 1.09. The maximum atomic E-state index is 6.55. The highest BCUT2D eigenvalue weighted by molar-refractivity contribution is 6.74. The van der Waals surface area contributed by atoms with Crippen LogP contribution in [0.1, 0.15) is 44.7 Å². The van der Waals surface area contributed by atoms with Gasteiger partial charge in [-0.05, 0) is 48.3 Å². The molecule has 0 aliphatic rings. The van der Waals surface area contributed by atoms with Crippen LogP contribution >= 0.6 is 0 Å². The Labute approximate surface area is 184 Å². The third kappa shape index (κ3) is 7.42. The minimum Gasteiger partial charge on any atom is -0.497 e. The topological polar surface area (TPSA) is 27.7 Å². The Morgan fingerprint density at radius 3 is 2.20 bits per heavy atom. The predicted octanol–water partition coefficient (Wildman–Crippen LogP) is 6.96. The van der Waals surface area contributed by atoms with Crippen LogP contribution < -0.4 is 4.74 Å². The molecular formula is C26H38O3Si. The van der Waals surface area contributed by atoms with Gasteiger partial charge in [0, 0.05) is 12.5 Å². The van der Waals surface area contributed by atoms with Crippen LogP contribution in [-0.2, 0) is 15.8 Å². The highest BCUT2D eigenvalue weighted by Crippen LogP contribution is 2.37. The van der Waals surface area contributed by atoms with Crippen LogP contribution in [-0.4, -0.2) is 28.6 Å². The van der Waals surface area contributed by atoms with Gasteiger partial charge in [-0.3, -0.25) is 0 Å². The summed E-state index contributed by atoms with van der Waals surface area (Å²) in [6.07, 6.45) is 2.30. The number of hydrogen-bond acceptors (Lipinski definition) is 3. The average molecular weight is 427 g/mol. The second-order valence-electron chi connectivity index (χ2n) is 9.44. The zero-order chi connectivity index (χ0) is 22.2. The van der Waals surface area contributed by atoms with Crippen molar-refractivity contribution in [3.8, 4) is 5.75 Å². The standard InChI is InChI=1S/C26H38O3Si/c1-21(18-28-19-22-13-15-25(27-5)16-14-22)17-24(23-11-9-8-10-12-23)20-29-30(6,7)26(2,3)4/h8-17,24H,18-20H2,1-7H3/b21-17+. The van der Waals surface area contributed by atoms with Gasteiger partial charge < -0.3 is 13.9 Å². The third-order valence-electron chi connectivity index (χ3n) is 5.90. The second-order valence-corrected chi connectivity index (χ2v) is 14.3. The molecule has 0 amide bonds. The van der Waals surface area contributed by atoms with Crippen molar-refractivity contribution in [2.45, 2.75) is 58.4 Å². The SMILES string of the molecule is COc1ccc(COC/C(C)=C/C(CO[Si](C)(C)C(C)(C)C)c2ccccc2)cc1. The van der Waals surface area contributed by atoms with Crippen LogP contribution in [0.5, 0.6) is 5.75 Å². The van der Waals surface area contributed by atoms with Crippen molar-refractivity contribution in [2.75, 3.05) is 20.3 Å². The summed E-state index contributed by atoms with van der Waals surface area (Å²) in [5.41, 5.74) is 3.64. The predicted molar refractivity (Wildman–Crippen MR) is 129 cm³/mol. The van der Waals surface area contributed by atoms with Gasteiger partial charge in [-0.2, -0.15) is 0 Å². The normalized spacial score (nSPS) is 13.9. The Kier molecular flexibility index (Phi) is 8.89. The zero-order valence-electron chi connectivity index (χ0n) is 19.7. The maximum Gasteiger partial charge on any atom is 0.192 e. The Morgan fingerprint density at radius 2 is 1.63 bits per heavy atom. The lowest BCUT2D eigenvalue weighted by molar-refractivity contribution is 0.142. The summed E-state index contributed by atoms with van der Waals surface area (Å²) in [7, 11) is -0.122. The smallest absolute Gasteiger partial charge is 0.192 e. The van der Waals surface area contributed by atoms with E-state index in [1.165, 1.54) is 11.1 Å². The molecule has 0 aliphatic carbocycles. The van der Waals surface area contributed by atoms with Gasteiger partial charge in [-0.25, -0.2) is 0 Å². The molecule has 0 radical (unpaired) electrons. The maximum absolute atomic E-state index is 6.55. The molecule has 0 aromatic heterocycles. The van der Waals surface area contributed by atoms with Crippen molar-refractivity contribution in [2.24, 2.45) is 0 Å². The minimum absolute atomic E-state index is 0.203. The Morgan fingerprint density at radius 1 is 1.00 bits per heavy atom. The lowest BCUT2D eigenvalue weighted by atomic mass is 9.98. The van der Waals surface area contributed by atoms with Crippen LogP contribution in [0.25, 0.3) is 0 Å². The molecule has 0 aliphatic heterocycles. The molecule has 0 heterocycles. The van der Waals surface area contributed by atoms with Crippen molar-refractivity contribution in [1.82, 2.24) is 0 Å². The molecule has 30 heavy (non-hydrogen) atoms. The second kappa shape index (κ2) is 10.9. The van der Waals surface area contributed by atoms with Gasteiger partial charge in [0.25, 0.3) is 0 Å². The summed E-state index contributed by atoms with van der Waals surface area (Å²) in [6.45, 7) is 15.5. The monoisotopic (exact) mass is 426 g/mol. The van der Waals surface area contributed by atoms with Gasteiger partial charge in [0.15, 0.2) is 8.32 Å². The van der Waals surface area contributed by atoms with Crippen LogP contribution in [0.3, 0.4) is 0 Å². The van der Waals surface area contributed by atoms with Crippen molar-refractivity contribution in [3.63, 3.8) is 0 Å². The fraction of sp³-hybridized carbons (Fsp3) is 0.462. The molecule has 2 aromatic carbocycles. The van der Waals surface area contributed by atoms with E-state index in [1.807, 2.05) is 24.3 Å². The van der Waals surface area contributed by atoms with E-state index in [2.05, 4.69) is 77.2 Å². The largest absolute Gasteiger partial charge is 0.497 e. The first-order valence-electron chi connectivity index (χ1n) is 10.7. The van der Waals surface area contributed by atoms with Crippen molar-refractivity contribution in [3.05, 3.63) is 77.4 Å². The molecule has 0 bridgehead atoms. The Bertz CT molecular complexity index is 789. The number of ether oxygens (including phenoxy) is 2. The summed E-state index contributed by atoms with van der Waals surface area (Å²) in [4.78, 5) is 0. The molecule has 0 saturated heterocycles. The number of hydrogen-bond donors (Lipinski definition) is 0. The molecule has 0 saturated carbocycles. The molecule has 1 atom stereocenters. The highest BCUT2D eigenvalue weighted by atomic mass is 28.4. The molecular weight excluding hydrogens is 388 g/mol. The molecule has 3 nitrogen and oxygen atoms in total. The van der Waals surface area contributed by atoms with E-state index in [0.29, 0.717) is 19.8 Å². The van der Waals surface area contributed by atoms with E-state index >= 15 is 0 Å². The van der Waals surface area contributed by atoms with Gasteiger partial charge in [0.2, 0.25) is 0 Å². The van der Waals surface area contributed by atoms with E-state index in [0.717, 1.165) is 11.3 Å². The third-order valence-corrected chi connectivity index (χ3v) is 10.4. The quantitative estimate of drug-likeness (QED) is 0.303. The molecule has 0 spiro atoms. The van der Waals surface area contributed by atoms with Gasteiger partial charge in [-0.15, -0.1) is 0 Å². The average Bonchev–Trinajstić information content (AvgIpc) is 2.71. The number of benzene rings is 2. The molecule has 0 N–H and O–H groups in total. The van der Waals surface area contributed by atoms with E-state index in [1.54, 1.807) is 7.11 Å². The van der Waals surface area contributed by atoms with E-state index < -0.39 is 8.32 Å². The first-order chi connectivity index (χ1) is 14.1. The van der Waals surface area contributed by atoms with Crippen molar-refractivity contribution < 1.29 is 13.9 Å². The highest BCUT2D eigenvalue weighted by Gasteiger charge is 2.37. The lowest BCUT2D eigenvalue weighted by Crippen LogP contribution is -2.41. The van der Waals surface area contributed by atoms with Crippen LogP contribution in [0, 0.1) is 0 Å².